The maximum Gasteiger partial charge on any atom is 0.256 e. The highest BCUT2D eigenvalue weighted by Crippen LogP contribution is 2.30. The standard InChI is InChI=1S/C15H15ClFN3O3S/c1-19-8-10(7-18-19)13-9-24(22,23)6-5-20(13)15(21)11-3-2-4-12(17)14(11)16/h2-4,7-8,13H,5-6,9H2,1H3. The van der Waals surface area contributed by atoms with Crippen molar-refractivity contribution in [2.45, 2.75) is 6.04 Å². The number of aryl methyl sites for hydroxylation is 1. The smallest absolute Gasteiger partial charge is 0.256 e. The molecule has 2 aromatic rings. The number of hydrogen-bond acceptors (Lipinski definition) is 4. The quantitative estimate of drug-likeness (QED) is 0.807. The molecule has 9 heteroatoms. The Morgan fingerprint density at radius 3 is 2.83 bits per heavy atom. The van der Waals surface area contributed by atoms with Gasteiger partial charge in [-0.2, -0.15) is 5.10 Å². The van der Waals surface area contributed by atoms with Crippen LogP contribution in [0.5, 0.6) is 0 Å². The van der Waals surface area contributed by atoms with Crippen LogP contribution in [0.3, 0.4) is 0 Å². The van der Waals surface area contributed by atoms with Gasteiger partial charge in [-0.25, -0.2) is 12.8 Å². The monoisotopic (exact) mass is 371 g/mol. The lowest BCUT2D eigenvalue weighted by molar-refractivity contribution is 0.0697. The zero-order valence-corrected chi connectivity index (χ0v) is 14.4. The number of hydrogen-bond donors (Lipinski definition) is 0. The second-order valence-electron chi connectivity index (χ2n) is 5.68. The zero-order valence-electron chi connectivity index (χ0n) is 12.8. The van der Waals surface area contributed by atoms with Crippen LogP contribution in [-0.4, -0.2) is 47.1 Å². The van der Waals surface area contributed by atoms with Crippen LogP contribution < -0.4 is 0 Å². The first kappa shape index (κ1) is 16.9. The number of aromatic nitrogens is 2. The number of amides is 1. The maximum atomic E-state index is 13.6. The van der Waals surface area contributed by atoms with Crippen molar-refractivity contribution in [1.82, 2.24) is 14.7 Å². The van der Waals surface area contributed by atoms with Gasteiger partial charge in [-0.15, -0.1) is 0 Å². The summed E-state index contributed by atoms with van der Waals surface area (Å²) in [7, 11) is -1.57. The third-order valence-electron chi connectivity index (χ3n) is 3.98. The molecule has 1 unspecified atom stereocenters. The largest absolute Gasteiger partial charge is 0.329 e. The van der Waals surface area contributed by atoms with Crippen molar-refractivity contribution in [3.8, 4) is 0 Å². The minimum Gasteiger partial charge on any atom is -0.329 e. The molecule has 1 amide bonds. The first-order valence-corrected chi connectivity index (χ1v) is 9.42. The molecule has 1 aliphatic heterocycles. The normalized spacial score (nSPS) is 20.1. The highest BCUT2D eigenvalue weighted by molar-refractivity contribution is 7.91. The van der Waals surface area contributed by atoms with Gasteiger partial charge in [0.1, 0.15) is 5.82 Å². The summed E-state index contributed by atoms with van der Waals surface area (Å²) in [6.07, 6.45) is 3.19. The third-order valence-corrected chi connectivity index (χ3v) is 6.00. The van der Waals surface area contributed by atoms with Crippen LogP contribution in [0.1, 0.15) is 22.0 Å². The SMILES string of the molecule is Cn1cc(C2CS(=O)(=O)CCN2C(=O)c2cccc(F)c2Cl)cn1. The first-order valence-electron chi connectivity index (χ1n) is 7.22. The number of nitrogens with zero attached hydrogens (tertiary/aromatic N) is 3. The van der Waals surface area contributed by atoms with Gasteiger partial charge in [0.25, 0.3) is 5.91 Å². The van der Waals surface area contributed by atoms with Gasteiger partial charge < -0.3 is 4.90 Å². The van der Waals surface area contributed by atoms with Crippen molar-refractivity contribution in [3.05, 3.63) is 52.6 Å². The third kappa shape index (κ3) is 3.16. The molecule has 3 rings (SSSR count). The molecule has 1 atom stereocenters. The highest BCUT2D eigenvalue weighted by Gasteiger charge is 2.36. The van der Waals surface area contributed by atoms with Crippen LogP contribution in [0.4, 0.5) is 4.39 Å². The molecule has 1 aromatic heterocycles. The number of benzene rings is 1. The van der Waals surface area contributed by atoms with Gasteiger partial charge >= 0.3 is 0 Å². The molecular weight excluding hydrogens is 357 g/mol. The van der Waals surface area contributed by atoms with Gasteiger partial charge in [0.2, 0.25) is 0 Å². The highest BCUT2D eigenvalue weighted by atomic mass is 35.5. The molecule has 1 fully saturated rings. The fourth-order valence-electron chi connectivity index (χ4n) is 2.76. The van der Waals surface area contributed by atoms with E-state index in [1.165, 1.54) is 34.0 Å². The van der Waals surface area contributed by atoms with Crippen molar-refractivity contribution < 1.29 is 17.6 Å². The van der Waals surface area contributed by atoms with E-state index < -0.39 is 27.6 Å². The van der Waals surface area contributed by atoms with Crippen LogP contribution in [0.2, 0.25) is 5.02 Å². The summed E-state index contributed by atoms with van der Waals surface area (Å²) >= 11 is 5.90. The summed E-state index contributed by atoms with van der Waals surface area (Å²) in [5, 5.41) is 3.77. The Kier molecular flexibility index (Phi) is 4.35. The molecule has 0 spiro atoms. The molecule has 24 heavy (non-hydrogen) atoms. The summed E-state index contributed by atoms with van der Waals surface area (Å²) in [4.78, 5) is 14.2. The molecule has 1 aliphatic rings. The summed E-state index contributed by atoms with van der Waals surface area (Å²) < 4.78 is 39.2. The number of sulfone groups is 1. The second kappa shape index (κ2) is 6.18. The molecule has 0 aliphatic carbocycles. The minimum absolute atomic E-state index is 0.0184. The number of rotatable bonds is 2. The summed E-state index contributed by atoms with van der Waals surface area (Å²) in [5.74, 6) is -1.52. The summed E-state index contributed by atoms with van der Waals surface area (Å²) in [6, 6.07) is 3.31. The van der Waals surface area contributed by atoms with Crippen molar-refractivity contribution in [1.29, 1.82) is 0 Å². The Hall–Kier alpha value is -1.93. The van der Waals surface area contributed by atoms with Gasteiger partial charge in [0, 0.05) is 25.4 Å². The summed E-state index contributed by atoms with van der Waals surface area (Å²) in [5.41, 5.74) is 0.631. The Bertz CT molecular complexity index is 897. The maximum absolute atomic E-state index is 13.6. The van der Waals surface area contributed by atoms with E-state index in [4.69, 9.17) is 11.6 Å². The van der Waals surface area contributed by atoms with E-state index in [1.54, 1.807) is 13.2 Å². The Labute approximate surface area is 143 Å². The van der Waals surface area contributed by atoms with Crippen LogP contribution >= 0.6 is 11.6 Å². The predicted octanol–water partition coefficient (Wildman–Crippen LogP) is 1.82. The van der Waals surface area contributed by atoms with Gasteiger partial charge in [0.05, 0.1) is 34.3 Å². The van der Waals surface area contributed by atoms with Gasteiger partial charge in [-0.3, -0.25) is 9.48 Å². The number of carbonyl (C=O) groups excluding carboxylic acids is 1. The van der Waals surface area contributed by atoms with E-state index in [1.807, 2.05) is 0 Å². The van der Waals surface area contributed by atoms with E-state index in [0.717, 1.165) is 0 Å². The van der Waals surface area contributed by atoms with Gasteiger partial charge in [-0.1, -0.05) is 17.7 Å². The fourth-order valence-corrected chi connectivity index (χ4v) is 4.46. The van der Waals surface area contributed by atoms with Gasteiger partial charge in [-0.05, 0) is 12.1 Å². The molecular formula is C15H15ClFN3O3S. The lowest BCUT2D eigenvalue weighted by Crippen LogP contribution is -2.46. The molecule has 6 nitrogen and oxygen atoms in total. The van der Waals surface area contributed by atoms with Crippen molar-refractivity contribution in [2.75, 3.05) is 18.1 Å². The minimum atomic E-state index is -3.28. The van der Waals surface area contributed by atoms with E-state index in [-0.39, 0.29) is 28.6 Å². The molecule has 2 heterocycles. The average Bonchev–Trinajstić information content (AvgIpc) is 2.95. The Morgan fingerprint density at radius 2 is 2.17 bits per heavy atom. The number of halogens is 2. The molecule has 1 aromatic carbocycles. The van der Waals surface area contributed by atoms with E-state index >= 15 is 0 Å². The van der Waals surface area contributed by atoms with Crippen molar-refractivity contribution >= 4 is 27.3 Å². The van der Waals surface area contributed by atoms with Crippen LogP contribution in [0.25, 0.3) is 0 Å². The van der Waals surface area contributed by atoms with E-state index in [9.17, 15) is 17.6 Å². The molecule has 1 saturated heterocycles. The topological polar surface area (TPSA) is 72.3 Å². The summed E-state index contributed by atoms with van der Waals surface area (Å²) in [6.45, 7) is 0.0214. The Balaban J connectivity index is 2.00. The number of carbonyl (C=O) groups is 1. The molecule has 0 N–H and O–H groups in total. The van der Waals surface area contributed by atoms with E-state index in [0.29, 0.717) is 5.56 Å². The Morgan fingerprint density at radius 1 is 1.42 bits per heavy atom. The molecule has 0 radical (unpaired) electrons. The van der Waals surface area contributed by atoms with E-state index in [2.05, 4.69) is 5.10 Å². The zero-order chi connectivity index (χ0) is 17.5. The molecule has 0 bridgehead atoms. The first-order chi connectivity index (χ1) is 11.3. The fraction of sp³-hybridized carbons (Fsp3) is 0.333. The predicted molar refractivity (Wildman–Crippen MR) is 87.0 cm³/mol. The van der Waals surface area contributed by atoms with Crippen LogP contribution in [0, 0.1) is 5.82 Å². The van der Waals surface area contributed by atoms with Crippen molar-refractivity contribution in [3.63, 3.8) is 0 Å². The van der Waals surface area contributed by atoms with Crippen LogP contribution in [0.15, 0.2) is 30.6 Å². The molecule has 0 saturated carbocycles. The second-order valence-corrected chi connectivity index (χ2v) is 8.28. The lowest BCUT2D eigenvalue weighted by Gasteiger charge is -2.35. The van der Waals surface area contributed by atoms with Gasteiger partial charge in [0.15, 0.2) is 9.84 Å². The van der Waals surface area contributed by atoms with Crippen LogP contribution in [-0.2, 0) is 16.9 Å². The lowest BCUT2D eigenvalue weighted by atomic mass is 10.1. The average molecular weight is 372 g/mol. The van der Waals surface area contributed by atoms with Crippen molar-refractivity contribution in [2.24, 2.45) is 7.05 Å². The molecule has 128 valence electrons.